The first-order chi connectivity index (χ1) is 8.75. The minimum atomic E-state index is -0.521. The van der Waals surface area contributed by atoms with Crippen LogP contribution in [0.15, 0.2) is 18.2 Å². The van der Waals surface area contributed by atoms with Crippen LogP contribution in [0, 0.1) is 17.6 Å². The van der Waals surface area contributed by atoms with Gasteiger partial charge in [-0.25, -0.2) is 8.78 Å². The third-order valence-electron chi connectivity index (χ3n) is 3.34. The average molecular weight is 255 g/mol. The lowest BCUT2D eigenvalue weighted by Crippen LogP contribution is -2.26. The van der Waals surface area contributed by atoms with Crippen LogP contribution in [0.3, 0.4) is 0 Å². The van der Waals surface area contributed by atoms with Gasteiger partial charge in [-0.2, -0.15) is 0 Å². The summed E-state index contributed by atoms with van der Waals surface area (Å²) < 4.78 is 31.3. The zero-order valence-electron chi connectivity index (χ0n) is 10.4. The molecule has 1 aliphatic rings. The van der Waals surface area contributed by atoms with Crippen LogP contribution in [0.2, 0.25) is 0 Å². The van der Waals surface area contributed by atoms with E-state index < -0.39 is 11.6 Å². The zero-order valence-corrected chi connectivity index (χ0v) is 10.4. The van der Waals surface area contributed by atoms with Crippen LogP contribution < -0.4 is 10.1 Å². The summed E-state index contributed by atoms with van der Waals surface area (Å²) in [6, 6.07) is 3.24. The van der Waals surface area contributed by atoms with Gasteiger partial charge in [-0.15, -0.1) is 0 Å². The fourth-order valence-electron chi connectivity index (χ4n) is 2.34. The maximum atomic E-state index is 13.2. The number of rotatable bonds is 6. The highest BCUT2D eigenvalue weighted by Crippen LogP contribution is 2.23. The molecule has 1 fully saturated rings. The largest absolute Gasteiger partial charge is 0.489 e. The molecule has 100 valence electrons. The highest BCUT2D eigenvalue weighted by Gasteiger charge is 2.13. The summed E-state index contributed by atoms with van der Waals surface area (Å²) in [5, 5.41) is 3.29. The molecule has 18 heavy (non-hydrogen) atoms. The van der Waals surface area contributed by atoms with Gasteiger partial charge >= 0.3 is 0 Å². The summed E-state index contributed by atoms with van der Waals surface area (Å²) in [6.07, 6.45) is 5.26. The van der Waals surface area contributed by atoms with E-state index in [9.17, 15) is 8.78 Å². The highest BCUT2D eigenvalue weighted by molar-refractivity contribution is 5.24. The maximum absolute atomic E-state index is 13.2. The second kappa shape index (κ2) is 6.69. The Morgan fingerprint density at radius 3 is 2.78 bits per heavy atom. The van der Waals surface area contributed by atoms with E-state index in [1.165, 1.54) is 25.7 Å². The topological polar surface area (TPSA) is 21.3 Å². The third-order valence-corrected chi connectivity index (χ3v) is 3.34. The van der Waals surface area contributed by atoms with E-state index in [1.54, 1.807) is 0 Å². The summed E-state index contributed by atoms with van der Waals surface area (Å²) in [6.45, 7) is 2.01. The van der Waals surface area contributed by atoms with E-state index in [0.717, 1.165) is 30.7 Å². The lowest BCUT2D eigenvalue weighted by molar-refractivity contribution is 0.293. The second-order valence-electron chi connectivity index (χ2n) is 4.78. The summed E-state index contributed by atoms with van der Waals surface area (Å²) in [4.78, 5) is 0. The number of hydrogen-bond acceptors (Lipinski definition) is 2. The van der Waals surface area contributed by atoms with Gasteiger partial charge in [0.15, 0.2) is 11.6 Å². The van der Waals surface area contributed by atoms with Crippen LogP contribution >= 0.6 is 0 Å². The van der Waals surface area contributed by atoms with Crippen molar-refractivity contribution in [2.45, 2.75) is 25.7 Å². The summed E-state index contributed by atoms with van der Waals surface area (Å²) in [5.74, 6) is -0.244. The molecule has 1 saturated carbocycles. The molecule has 1 aromatic carbocycles. The molecule has 0 saturated heterocycles. The average Bonchev–Trinajstić information content (AvgIpc) is 2.86. The molecule has 1 aliphatic carbocycles. The first-order valence-electron chi connectivity index (χ1n) is 6.54. The molecule has 1 aromatic rings. The van der Waals surface area contributed by atoms with Gasteiger partial charge in [-0.1, -0.05) is 12.8 Å². The Morgan fingerprint density at radius 1 is 1.22 bits per heavy atom. The van der Waals surface area contributed by atoms with Gasteiger partial charge in [0.05, 0.1) is 0 Å². The van der Waals surface area contributed by atoms with Crippen molar-refractivity contribution in [3.63, 3.8) is 0 Å². The molecular formula is C14H19F2NO. The molecule has 4 heteroatoms. The number of nitrogens with one attached hydrogen (secondary N) is 1. The lowest BCUT2D eigenvalue weighted by atomic mass is 10.1. The summed E-state index contributed by atoms with van der Waals surface area (Å²) >= 11 is 0. The van der Waals surface area contributed by atoms with E-state index in [4.69, 9.17) is 4.74 Å². The standard InChI is InChI=1S/C14H19F2NO/c15-12-5-6-13(16)14(9-12)18-8-7-17-10-11-3-1-2-4-11/h5-6,9,11,17H,1-4,7-8,10H2. The molecule has 0 atom stereocenters. The van der Waals surface area contributed by atoms with Gasteiger partial charge in [0.1, 0.15) is 12.4 Å². The van der Waals surface area contributed by atoms with Crippen molar-refractivity contribution < 1.29 is 13.5 Å². The van der Waals surface area contributed by atoms with Crippen LogP contribution in [0.1, 0.15) is 25.7 Å². The van der Waals surface area contributed by atoms with Crippen molar-refractivity contribution in [1.82, 2.24) is 5.32 Å². The normalized spacial score (nSPS) is 16.1. The van der Waals surface area contributed by atoms with E-state index in [1.807, 2.05) is 0 Å². The van der Waals surface area contributed by atoms with Crippen LogP contribution in [0.4, 0.5) is 8.78 Å². The Balaban J connectivity index is 1.64. The first kappa shape index (κ1) is 13.3. The Bertz CT molecular complexity index is 378. The molecular weight excluding hydrogens is 236 g/mol. The van der Waals surface area contributed by atoms with Crippen LogP contribution in [0.5, 0.6) is 5.75 Å². The maximum Gasteiger partial charge on any atom is 0.165 e. The predicted molar refractivity (Wildman–Crippen MR) is 66.7 cm³/mol. The Kier molecular flexibility index (Phi) is 4.93. The summed E-state index contributed by atoms with van der Waals surface area (Å²) in [7, 11) is 0. The Morgan fingerprint density at radius 2 is 2.00 bits per heavy atom. The number of benzene rings is 1. The molecule has 1 N–H and O–H groups in total. The molecule has 0 amide bonds. The van der Waals surface area contributed by atoms with Crippen LogP contribution in [-0.2, 0) is 0 Å². The van der Waals surface area contributed by atoms with E-state index >= 15 is 0 Å². The third kappa shape index (κ3) is 3.95. The van der Waals surface area contributed by atoms with Crippen molar-refractivity contribution in [1.29, 1.82) is 0 Å². The van der Waals surface area contributed by atoms with Gasteiger partial charge in [0, 0.05) is 12.6 Å². The molecule has 2 nitrogen and oxygen atoms in total. The number of halogens is 2. The number of ether oxygens (including phenoxy) is 1. The van der Waals surface area contributed by atoms with E-state index in [-0.39, 0.29) is 5.75 Å². The Hall–Kier alpha value is -1.16. The van der Waals surface area contributed by atoms with Crippen molar-refractivity contribution in [3.05, 3.63) is 29.8 Å². The fraction of sp³-hybridized carbons (Fsp3) is 0.571. The first-order valence-corrected chi connectivity index (χ1v) is 6.54. The molecule has 0 aliphatic heterocycles. The van der Waals surface area contributed by atoms with Gasteiger partial charge in [0.2, 0.25) is 0 Å². The van der Waals surface area contributed by atoms with E-state index in [2.05, 4.69) is 5.32 Å². The van der Waals surface area contributed by atoms with Crippen molar-refractivity contribution in [2.75, 3.05) is 19.7 Å². The van der Waals surface area contributed by atoms with E-state index in [0.29, 0.717) is 13.2 Å². The van der Waals surface area contributed by atoms with Gasteiger partial charge in [0.25, 0.3) is 0 Å². The summed E-state index contributed by atoms with van der Waals surface area (Å²) in [5.41, 5.74) is 0. The van der Waals surface area contributed by atoms with Crippen LogP contribution in [0.25, 0.3) is 0 Å². The minimum absolute atomic E-state index is 0.0160. The van der Waals surface area contributed by atoms with Crippen molar-refractivity contribution in [2.24, 2.45) is 5.92 Å². The number of hydrogen-bond donors (Lipinski definition) is 1. The van der Waals surface area contributed by atoms with Crippen LogP contribution in [-0.4, -0.2) is 19.7 Å². The lowest BCUT2D eigenvalue weighted by Gasteiger charge is -2.11. The highest BCUT2D eigenvalue weighted by atomic mass is 19.1. The van der Waals surface area contributed by atoms with Crippen molar-refractivity contribution in [3.8, 4) is 5.75 Å². The molecule has 0 radical (unpaired) electrons. The van der Waals surface area contributed by atoms with Gasteiger partial charge in [-0.3, -0.25) is 0 Å². The second-order valence-corrected chi connectivity index (χ2v) is 4.78. The quantitative estimate of drug-likeness (QED) is 0.789. The molecule has 0 unspecified atom stereocenters. The van der Waals surface area contributed by atoms with Gasteiger partial charge < -0.3 is 10.1 Å². The fourth-order valence-corrected chi connectivity index (χ4v) is 2.34. The van der Waals surface area contributed by atoms with Crippen molar-refractivity contribution >= 4 is 0 Å². The molecule has 0 heterocycles. The molecule has 0 spiro atoms. The van der Waals surface area contributed by atoms with Gasteiger partial charge in [-0.05, 0) is 37.4 Å². The molecule has 2 rings (SSSR count). The smallest absolute Gasteiger partial charge is 0.165 e. The monoisotopic (exact) mass is 255 g/mol. The Labute approximate surface area is 106 Å². The SMILES string of the molecule is Fc1ccc(F)c(OCCNCC2CCCC2)c1. The minimum Gasteiger partial charge on any atom is -0.489 e. The zero-order chi connectivity index (χ0) is 12.8. The predicted octanol–water partition coefficient (Wildman–Crippen LogP) is 3.12. The molecule has 0 bridgehead atoms. The molecule has 0 aromatic heterocycles.